The summed E-state index contributed by atoms with van der Waals surface area (Å²) in [5.74, 6) is 2.58. The van der Waals surface area contributed by atoms with Crippen molar-refractivity contribution in [1.82, 2.24) is 14.9 Å². The lowest BCUT2D eigenvalue weighted by atomic mass is 9.94. The zero-order valence-electron chi connectivity index (χ0n) is 15.7. The van der Waals surface area contributed by atoms with E-state index >= 15 is 0 Å². The molecule has 144 valence electrons. The van der Waals surface area contributed by atoms with E-state index in [9.17, 15) is 4.79 Å². The molecule has 0 unspecified atom stereocenters. The number of rotatable bonds is 4. The topological polar surface area (TPSA) is 82.7 Å². The largest absolute Gasteiger partial charge is 0.453 e. The highest BCUT2D eigenvalue weighted by Crippen LogP contribution is 2.29. The fourth-order valence-electron chi connectivity index (χ4n) is 4.03. The molecular formula is C20H26N4O3. The van der Waals surface area contributed by atoms with Crippen LogP contribution < -0.4 is 4.90 Å². The third-order valence-electron chi connectivity index (χ3n) is 5.43. The lowest BCUT2D eigenvalue weighted by Gasteiger charge is -2.32. The van der Waals surface area contributed by atoms with Crippen LogP contribution in [0.5, 0.6) is 0 Å². The van der Waals surface area contributed by atoms with Gasteiger partial charge in [0.05, 0.1) is 5.69 Å². The van der Waals surface area contributed by atoms with Crippen molar-refractivity contribution in [3.05, 3.63) is 41.2 Å². The second-order valence-corrected chi connectivity index (χ2v) is 7.41. The van der Waals surface area contributed by atoms with Gasteiger partial charge in [-0.05, 0) is 44.7 Å². The third-order valence-corrected chi connectivity index (χ3v) is 5.43. The molecule has 0 aliphatic carbocycles. The van der Waals surface area contributed by atoms with Gasteiger partial charge < -0.3 is 19.3 Å². The molecule has 0 spiro atoms. The molecule has 1 amide bonds. The Hall–Kier alpha value is -2.41. The van der Waals surface area contributed by atoms with Crippen LogP contribution in [0.2, 0.25) is 0 Å². The fraction of sp³-hybridized carbons (Fsp3) is 0.550. The van der Waals surface area contributed by atoms with Crippen molar-refractivity contribution in [1.29, 1.82) is 0 Å². The summed E-state index contributed by atoms with van der Waals surface area (Å²) in [5.41, 5.74) is 1.03. The summed E-state index contributed by atoms with van der Waals surface area (Å²) >= 11 is 0. The molecular weight excluding hydrogens is 344 g/mol. The first-order valence-corrected chi connectivity index (χ1v) is 9.73. The minimum Gasteiger partial charge on any atom is -0.453 e. The molecule has 2 saturated heterocycles. The summed E-state index contributed by atoms with van der Waals surface area (Å²) in [7, 11) is 0. The minimum absolute atomic E-state index is 0.120. The number of aryl methyl sites for hydroxylation is 1. The van der Waals surface area contributed by atoms with E-state index in [1.807, 2.05) is 11.8 Å². The molecule has 7 heteroatoms. The first-order chi connectivity index (χ1) is 13.1. The van der Waals surface area contributed by atoms with E-state index in [1.165, 1.54) is 12.8 Å². The van der Waals surface area contributed by atoms with Crippen LogP contribution >= 0.6 is 0 Å². The molecule has 2 aliphatic heterocycles. The van der Waals surface area contributed by atoms with Gasteiger partial charge in [0.25, 0.3) is 5.91 Å². The summed E-state index contributed by atoms with van der Waals surface area (Å²) in [4.78, 5) is 26.2. The number of aliphatic hydroxyl groups excluding tert-OH is 1. The summed E-state index contributed by atoms with van der Waals surface area (Å²) in [6.45, 7) is 5.19. The Morgan fingerprint density at radius 2 is 2.04 bits per heavy atom. The molecule has 2 aromatic heterocycles. The van der Waals surface area contributed by atoms with Crippen molar-refractivity contribution >= 4 is 11.7 Å². The minimum atomic E-state index is -0.199. The number of hydrogen-bond acceptors (Lipinski definition) is 6. The molecule has 1 atom stereocenters. The van der Waals surface area contributed by atoms with Crippen LogP contribution in [-0.4, -0.2) is 52.1 Å². The molecule has 2 aliphatic rings. The Bertz CT molecular complexity index is 813. The SMILES string of the molecule is Cc1nc([C@H]2CCCN(C(=O)c3ccc(CO)o3)C2)cc(N2CCCC2)n1. The number of anilines is 1. The number of nitrogens with zero attached hydrogens (tertiary/aromatic N) is 4. The molecule has 0 aromatic carbocycles. The van der Waals surface area contributed by atoms with Crippen molar-refractivity contribution in [2.75, 3.05) is 31.1 Å². The zero-order valence-corrected chi connectivity index (χ0v) is 15.7. The third kappa shape index (κ3) is 3.83. The Morgan fingerprint density at radius 1 is 1.22 bits per heavy atom. The molecule has 27 heavy (non-hydrogen) atoms. The molecule has 2 aromatic rings. The lowest BCUT2D eigenvalue weighted by Crippen LogP contribution is -2.39. The maximum atomic E-state index is 12.8. The van der Waals surface area contributed by atoms with Crippen LogP contribution in [0.25, 0.3) is 0 Å². The first-order valence-electron chi connectivity index (χ1n) is 9.73. The van der Waals surface area contributed by atoms with Crippen molar-refractivity contribution in [2.24, 2.45) is 0 Å². The van der Waals surface area contributed by atoms with Crippen molar-refractivity contribution in [3.8, 4) is 0 Å². The van der Waals surface area contributed by atoms with Crippen LogP contribution in [-0.2, 0) is 6.61 Å². The summed E-state index contributed by atoms with van der Waals surface area (Å²) < 4.78 is 5.42. The van der Waals surface area contributed by atoms with Crippen LogP contribution in [0.4, 0.5) is 5.82 Å². The van der Waals surface area contributed by atoms with Gasteiger partial charge in [0.15, 0.2) is 5.76 Å². The van der Waals surface area contributed by atoms with Crippen LogP contribution in [0.15, 0.2) is 22.6 Å². The van der Waals surface area contributed by atoms with Gasteiger partial charge in [0.1, 0.15) is 24.0 Å². The number of amides is 1. The average Bonchev–Trinajstić information content (AvgIpc) is 3.39. The molecule has 0 bridgehead atoms. The number of furan rings is 1. The predicted octanol–water partition coefficient (Wildman–Crippen LogP) is 2.49. The van der Waals surface area contributed by atoms with Gasteiger partial charge in [-0.3, -0.25) is 4.79 Å². The van der Waals surface area contributed by atoms with E-state index in [1.54, 1.807) is 12.1 Å². The molecule has 1 N–H and O–H groups in total. The number of carbonyl (C=O) groups is 1. The zero-order chi connectivity index (χ0) is 18.8. The normalized spacial score (nSPS) is 20.3. The van der Waals surface area contributed by atoms with Crippen LogP contribution in [0.3, 0.4) is 0 Å². The standard InChI is InChI=1S/C20H26N4O3/c1-14-21-17(11-19(22-14)23-8-2-3-9-23)15-5-4-10-24(12-15)20(26)18-7-6-16(13-25)27-18/h6-7,11,15,25H,2-5,8-10,12-13H2,1H3/t15-/m0/s1. The Labute approximate surface area is 159 Å². The van der Waals surface area contributed by atoms with E-state index in [-0.39, 0.29) is 24.2 Å². The summed E-state index contributed by atoms with van der Waals surface area (Å²) in [6, 6.07) is 5.39. The Balaban J connectivity index is 1.51. The van der Waals surface area contributed by atoms with Gasteiger partial charge in [-0.25, -0.2) is 9.97 Å². The Morgan fingerprint density at radius 3 is 2.78 bits per heavy atom. The average molecular weight is 370 g/mol. The van der Waals surface area contributed by atoms with Crippen molar-refractivity contribution in [2.45, 2.75) is 45.1 Å². The highest BCUT2D eigenvalue weighted by Gasteiger charge is 2.29. The second kappa shape index (κ2) is 7.68. The molecule has 7 nitrogen and oxygen atoms in total. The smallest absolute Gasteiger partial charge is 0.289 e. The van der Waals surface area contributed by atoms with Crippen LogP contribution in [0, 0.1) is 6.92 Å². The second-order valence-electron chi connectivity index (χ2n) is 7.41. The predicted molar refractivity (Wildman–Crippen MR) is 101 cm³/mol. The number of aliphatic hydroxyl groups is 1. The van der Waals surface area contributed by atoms with Gasteiger partial charge >= 0.3 is 0 Å². The molecule has 0 radical (unpaired) electrons. The summed E-state index contributed by atoms with van der Waals surface area (Å²) in [6.07, 6.45) is 4.37. The Kier molecular flexibility index (Phi) is 5.11. The number of aromatic nitrogens is 2. The highest BCUT2D eigenvalue weighted by atomic mass is 16.4. The molecule has 0 saturated carbocycles. The molecule has 4 rings (SSSR count). The van der Waals surface area contributed by atoms with Gasteiger partial charge in [-0.15, -0.1) is 0 Å². The lowest BCUT2D eigenvalue weighted by molar-refractivity contribution is 0.0669. The van der Waals surface area contributed by atoms with E-state index in [4.69, 9.17) is 9.52 Å². The van der Waals surface area contributed by atoms with Gasteiger partial charge in [-0.1, -0.05) is 0 Å². The van der Waals surface area contributed by atoms with E-state index < -0.39 is 0 Å². The quantitative estimate of drug-likeness (QED) is 0.890. The molecule has 4 heterocycles. The van der Waals surface area contributed by atoms with E-state index in [0.29, 0.717) is 18.8 Å². The van der Waals surface area contributed by atoms with Gasteiger partial charge in [0, 0.05) is 38.2 Å². The van der Waals surface area contributed by atoms with E-state index in [0.717, 1.165) is 43.3 Å². The summed E-state index contributed by atoms with van der Waals surface area (Å²) in [5, 5.41) is 9.14. The van der Waals surface area contributed by atoms with Gasteiger partial charge in [-0.2, -0.15) is 0 Å². The van der Waals surface area contributed by atoms with Gasteiger partial charge in [0.2, 0.25) is 0 Å². The number of carbonyl (C=O) groups excluding carboxylic acids is 1. The maximum absolute atomic E-state index is 12.8. The molecule has 2 fully saturated rings. The highest BCUT2D eigenvalue weighted by molar-refractivity contribution is 5.91. The number of hydrogen-bond donors (Lipinski definition) is 1. The fourth-order valence-corrected chi connectivity index (χ4v) is 4.03. The van der Waals surface area contributed by atoms with Crippen molar-refractivity contribution in [3.63, 3.8) is 0 Å². The van der Waals surface area contributed by atoms with E-state index in [2.05, 4.69) is 20.9 Å². The van der Waals surface area contributed by atoms with Crippen molar-refractivity contribution < 1.29 is 14.3 Å². The maximum Gasteiger partial charge on any atom is 0.289 e. The number of likely N-dealkylation sites (tertiary alicyclic amines) is 1. The number of piperidine rings is 1. The van der Waals surface area contributed by atoms with Crippen LogP contribution in [0.1, 0.15) is 59.4 Å². The first kappa shape index (κ1) is 18.0. The monoisotopic (exact) mass is 370 g/mol.